The number of amides is 2. The minimum atomic E-state index is -1.07. The molecule has 2 rings (SSSR count). The zero-order valence-electron chi connectivity index (χ0n) is 15.1. The summed E-state index contributed by atoms with van der Waals surface area (Å²) in [6.45, 7) is 3.16. The SMILES string of the molecule is CC(=O)Nc1ccc(SC(C)C(=O)NC(Cc2ccccc2)C(=O)O)cc1. The number of carboxylic acids is 1. The van der Waals surface area contributed by atoms with Gasteiger partial charge in [0.25, 0.3) is 0 Å². The first-order chi connectivity index (χ1) is 12.8. The fourth-order valence-corrected chi connectivity index (χ4v) is 3.29. The highest BCUT2D eigenvalue weighted by Crippen LogP contribution is 2.25. The van der Waals surface area contributed by atoms with Crippen molar-refractivity contribution in [1.82, 2.24) is 5.32 Å². The molecule has 142 valence electrons. The van der Waals surface area contributed by atoms with Gasteiger partial charge < -0.3 is 15.7 Å². The molecule has 7 heteroatoms. The molecule has 2 unspecified atom stereocenters. The van der Waals surface area contributed by atoms with Crippen molar-refractivity contribution in [1.29, 1.82) is 0 Å². The minimum Gasteiger partial charge on any atom is -0.480 e. The van der Waals surface area contributed by atoms with Gasteiger partial charge in [-0.05, 0) is 36.8 Å². The Balaban J connectivity index is 1.94. The summed E-state index contributed by atoms with van der Waals surface area (Å²) in [5.74, 6) is -1.56. The Bertz CT molecular complexity index is 793. The summed E-state index contributed by atoms with van der Waals surface area (Å²) in [5, 5.41) is 14.2. The normalized spacial score (nSPS) is 12.7. The second-order valence-electron chi connectivity index (χ2n) is 6.05. The maximum Gasteiger partial charge on any atom is 0.326 e. The van der Waals surface area contributed by atoms with Gasteiger partial charge in [0.2, 0.25) is 11.8 Å². The lowest BCUT2D eigenvalue weighted by molar-refractivity contribution is -0.141. The number of nitrogens with one attached hydrogen (secondary N) is 2. The topological polar surface area (TPSA) is 95.5 Å². The molecule has 0 aliphatic carbocycles. The predicted octanol–water partition coefficient (Wildman–Crippen LogP) is 2.94. The van der Waals surface area contributed by atoms with E-state index in [0.717, 1.165) is 10.5 Å². The molecule has 2 amide bonds. The third kappa shape index (κ3) is 6.79. The summed E-state index contributed by atoms with van der Waals surface area (Å²) in [5.41, 5.74) is 1.52. The standard InChI is InChI=1S/C20H22N2O4S/c1-13(27-17-10-8-16(9-11-17)21-14(2)23)19(24)22-18(20(25)26)12-15-6-4-3-5-7-15/h3-11,13,18H,12H2,1-2H3,(H,21,23)(H,22,24)(H,25,26). The van der Waals surface area contributed by atoms with Crippen LogP contribution in [-0.2, 0) is 20.8 Å². The van der Waals surface area contributed by atoms with Crippen LogP contribution >= 0.6 is 11.8 Å². The summed E-state index contributed by atoms with van der Waals surface area (Å²) in [4.78, 5) is 35.8. The third-order valence-corrected chi connectivity index (χ3v) is 4.87. The van der Waals surface area contributed by atoms with Crippen molar-refractivity contribution < 1.29 is 19.5 Å². The molecule has 0 aliphatic rings. The van der Waals surface area contributed by atoms with Crippen LogP contribution in [-0.4, -0.2) is 34.2 Å². The molecule has 0 heterocycles. The molecular formula is C20H22N2O4S. The van der Waals surface area contributed by atoms with Gasteiger partial charge in [0.05, 0.1) is 5.25 Å². The second kappa shape index (κ2) is 9.78. The number of carbonyl (C=O) groups excluding carboxylic acids is 2. The highest BCUT2D eigenvalue weighted by Gasteiger charge is 2.23. The predicted molar refractivity (Wildman–Crippen MR) is 106 cm³/mol. The summed E-state index contributed by atoms with van der Waals surface area (Å²) in [6.07, 6.45) is 0.227. The lowest BCUT2D eigenvalue weighted by Crippen LogP contribution is -2.45. The molecule has 2 atom stereocenters. The van der Waals surface area contributed by atoms with Crippen molar-refractivity contribution in [2.24, 2.45) is 0 Å². The first-order valence-electron chi connectivity index (χ1n) is 8.46. The first kappa shape index (κ1) is 20.5. The van der Waals surface area contributed by atoms with E-state index in [9.17, 15) is 19.5 Å². The number of carbonyl (C=O) groups is 3. The van der Waals surface area contributed by atoms with E-state index in [1.54, 1.807) is 31.2 Å². The van der Waals surface area contributed by atoms with Gasteiger partial charge in [-0.25, -0.2) is 4.79 Å². The van der Waals surface area contributed by atoms with E-state index in [4.69, 9.17) is 0 Å². The Morgan fingerprint density at radius 1 is 1.04 bits per heavy atom. The Morgan fingerprint density at radius 2 is 1.67 bits per heavy atom. The van der Waals surface area contributed by atoms with E-state index in [-0.39, 0.29) is 18.2 Å². The van der Waals surface area contributed by atoms with Gasteiger partial charge in [-0.2, -0.15) is 0 Å². The fourth-order valence-electron chi connectivity index (χ4n) is 2.42. The van der Waals surface area contributed by atoms with Crippen LogP contribution in [0.2, 0.25) is 0 Å². The van der Waals surface area contributed by atoms with Crippen molar-refractivity contribution in [2.75, 3.05) is 5.32 Å². The lowest BCUT2D eigenvalue weighted by Gasteiger charge is -2.18. The quantitative estimate of drug-likeness (QED) is 0.606. The van der Waals surface area contributed by atoms with Crippen molar-refractivity contribution in [3.05, 3.63) is 60.2 Å². The zero-order chi connectivity index (χ0) is 19.8. The van der Waals surface area contributed by atoms with Crippen LogP contribution in [0.3, 0.4) is 0 Å². The zero-order valence-corrected chi connectivity index (χ0v) is 16.0. The molecule has 0 spiro atoms. The summed E-state index contributed by atoms with van der Waals surface area (Å²) < 4.78 is 0. The van der Waals surface area contributed by atoms with E-state index in [1.165, 1.54) is 18.7 Å². The summed E-state index contributed by atoms with van der Waals surface area (Å²) in [6, 6.07) is 15.3. The average Bonchev–Trinajstić information content (AvgIpc) is 2.63. The van der Waals surface area contributed by atoms with Crippen molar-refractivity contribution in [2.45, 2.75) is 36.5 Å². The highest BCUT2D eigenvalue weighted by atomic mass is 32.2. The van der Waals surface area contributed by atoms with Crippen LogP contribution in [0.5, 0.6) is 0 Å². The number of hydrogen-bond donors (Lipinski definition) is 3. The highest BCUT2D eigenvalue weighted by molar-refractivity contribution is 8.00. The van der Waals surface area contributed by atoms with Crippen LogP contribution in [0.15, 0.2) is 59.5 Å². The number of hydrogen-bond acceptors (Lipinski definition) is 4. The molecule has 0 bridgehead atoms. The van der Waals surface area contributed by atoms with Gasteiger partial charge in [-0.3, -0.25) is 9.59 Å². The van der Waals surface area contributed by atoms with Gasteiger partial charge in [0.1, 0.15) is 6.04 Å². The molecule has 0 saturated heterocycles. The van der Waals surface area contributed by atoms with Crippen LogP contribution in [0.25, 0.3) is 0 Å². The number of benzene rings is 2. The molecule has 0 saturated carbocycles. The Morgan fingerprint density at radius 3 is 2.22 bits per heavy atom. The third-order valence-electron chi connectivity index (χ3n) is 3.75. The molecule has 0 radical (unpaired) electrons. The van der Waals surface area contributed by atoms with Gasteiger partial charge >= 0.3 is 5.97 Å². The van der Waals surface area contributed by atoms with Gasteiger partial charge in [0, 0.05) is 23.9 Å². The van der Waals surface area contributed by atoms with Gasteiger partial charge in [-0.1, -0.05) is 30.3 Å². The van der Waals surface area contributed by atoms with Crippen LogP contribution in [0.4, 0.5) is 5.69 Å². The second-order valence-corrected chi connectivity index (χ2v) is 7.47. The molecule has 0 aromatic heterocycles. The molecule has 3 N–H and O–H groups in total. The monoisotopic (exact) mass is 386 g/mol. The molecule has 2 aromatic carbocycles. The van der Waals surface area contributed by atoms with E-state index in [1.807, 2.05) is 30.3 Å². The summed E-state index contributed by atoms with van der Waals surface area (Å²) >= 11 is 1.32. The molecule has 2 aromatic rings. The Hall–Kier alpha value is -2.80. The van der Waals surface area contributed by atoms with Crippen LogP contribution in [0, 0.1) is 0 Å². The maximum atomic E-state index is 12.4. The summed E-state index contributed by atoms with van der Waals surface area (Å²) in [7, 11) is 0. The minimum absolute atomic E-state index is 0.152. The number of rotatable bonds is 8. The Kier molecular flexibility index (Phi) is 7.43. The van der Waals surface area contributed by atoms with Crippen LogP contribution in [0.1, 0.15) is 19.4 Å². The smallest absolute Gasteiger partial charge is 0.326 e. The maximum absolute atomic E-state index is 12.4. The molecule has 0 aliphatic heterocycles. The van der Waals surface area contributed by atoms with Gasteiger partial charge in [-0.15, -0.1) is 11.8 Å². The van der Waals surface area contributed by atoms with Crippen molar-refractivity contribution in [3.63, 3.8) is 0 Å². The Labute approximate surface area is 162 Å². The van der Waals surface area contributed by atoms with Crippen molar-refractivity contribution in [3.8, 4) is 0 Å². The molecule has 6 nitrogen and oxygen atoms in total. The van der Waals surface area contributed by atoms with E-state index >= 15 is 0 Å². The van der Waals surface area contributed by atoms with Gasteiger partial charge in [0.15, 0.2) is 0 Å². The van der Waals surface area contributed by atoms with Crippen molar-refractivity contribution >= 4 is 35.2 Å². The lowest BCUT2D eigenvalue weighted by atomic mass is 10.1. The van der Waals surface area contributed by atoms with E-state index < -0.39 is 17.3 Å². The van der Waals surface area contributed by atoms with E-state index in [2.05, 4.69) is 10.6 Å². The number of carboxylic acid groups (broad SMARTS) is 1. The molecule has 0 fully saturated rings. The molecular weight excluding hydrogens is 364 g/mol. The van der Waals surface area contributed by atoms with E-state index in [0.29, 0.717) is 5.69 Å². The molecule has 27 heavy (non-hydrogen) atoms. The first-order valence-corrected chi connectivity index (χ1v) is 9.34. The fraction of sp³-hybridized carbons (Fsp3) is 0.250. The number of thioether (sulfide) groups is 1. The van der Waals surface area contributed by atoms with Crippen LogP contribution < -0.4 is 10.6 Å². The number of aliphatic carboxylic acids is 1. The largest absolute Gasteiger partial charge is 0.480 e. The average molecular weight is 386 g/mol. The number of anilines is 1.